The molecule has 0 spiro atoms. The van der Waals surface area contributed by atoms with Gasteiger partial charge in [-0.05, 0) is 47.5 Å². The molecule has 0 fully saturated rings. The third-order valence-electron chi connectivity index (χ3n) is 4.06. The van der Waals surface area contributed by atoms with Gasteiger partial charge in [0.15, 0.2) is 12.0 Å². The number of benzene rings is 2. The standard InChI is InChI=1S/C17H13ClF4N4O/c1-11(26-24-10-23-25-26)16(19,12-2-6-14(18)7-3-12)13-4-8-15(9-5-13)27-17(20,21)22/h2-11H,1H3. The summed E-state index contributed by atoms with van der Waals surface area (Å²) in [4.78, 5) is 1.09. The summed E-state index contributed by atoms with van der Waals surface area (Å²) in [7, 11) is 0. The first-order valence-electron chi connectivity index (χ1n) is 7.74. The molecule has 0 saturated heterocycles. The number of halogens is 5. The highest BCUT2D eigenvalue weighted by Crippen LogP contribution is 2.43. The van der Waals surface area contributed by atoms with E-state index in [1.807, 2.05) is 0 Å². The average Bonchev–Trinajstić information content (AvgIpc) is 3.15. The molecule has 3 aromatic rings. The monoisotopic (exact) mass is 400 g/mol. The van der Waals surface area contributed by atoms with Crippen molar-refractivity contribution in [1.82, 2.24) is 20.2 Å². The molecule has 142 valence electrons. The van der Waals surface area contributed by atoms with Gasteiger partial charge in [0.2, 0.25) is 0 Å². The van der Waals surface area contributed by atoms with Crippen LogP contribution in [0.15, 0.2) is 54.9 Å². The number of aromatic nitrogens is 4. The zero-order valence-electron chi connectivity index (χ0n) is 13.9. The van der Waals surface area contributed by atoms with E-state index in [1.165, 1.54) is 49.6 Å². The quantitative estimate of drug-likeness (QED) is 0.582. The fraction of sp³-hybridized carbons (Fsp3) is 0.235. The van der Waals surface area contributed by atoms with Crippen molar-refractivity contribution in [3.05, 3.63) is 71.0 Å². The molecule has 5 nitrogen and oxygen atoms in total. The first-order valence-corrected chi connectivity index (χ1v) is 8.11. The third kappa shape index (κ3) is 4.02. The van der Waals surface area contributed by atoms with E-state index in [-0.39, 0.29) is 11.1 Å². The molecule has 2 aromatic carbocycles. The van der Waals surface area contributed by atoms with E-state index in [1.54, 1.807) is 0 Å². The second-order valence-electron chi connectivity index (χ2n) is 5.72. The van der Waals surface area contributed by atoms with Crippen LogP contribution in [0.5, 0.6) is 5.75 Å². The van der Waals surface area contributed by atoms with Crippen molar-refractivity contribution in [2.75, 3.05) is 0 Å². The first-order chi connectivity index (χ1) is 12.7. The normalized spacial score (nSPS) is 15.2. The van der Waals surface area contributed by atoms with Crippen molar-refractivity contribution in [2.45, 2.75) is 25.0 Å². The maximum absolute atomic E-state index is 16.4. The molecule has 0 aliphatic rings. The van der Waals surface area contributed by atoms with E-state index in [0.29, 0.717) is 5.02 Å². The maximum Gasteiger partial charge on any atom is 0.573 e. The van der Waals surface area contributed by atoms with Gasteiger partial charge in [-0.3, -0.25) is 0 Å². The summed E-state index contributed by atoms with van der Waals surface area (Å²) in [5.74, 6) is -0.448. The molecule has 3 rings (SSSR count). The Labute approximate surface area is 156 Å². The molecule has 0 amide bonds. The number of tetrazole rings is 1. The first kappa shape index (κ1) is 19.1. The topological polar surface area (TPSA) is 52.8 Å². The van der Waals surface area contributed by atoms with E-state index < -0.39 is 23.8 Å². The average molecular weight is 401 g/mol. The lowest BCUT2D eigenvalue weighted by Gasteiger charge is -2.31. The summed E-state index contributed by atoms with van der Waals surface area (Å²) >= 11 is 5.88. The van der Waals surface area contributed by atoms with Crippen molar-refractivity contribution >= 4 is 11.6 Å². The molecule has 1 heterocycles. The van der Waals surface area contributed by atoms with Crippen LogP contribution in [0.2, 0.25) is 5.02 Å². The lowest BCUT2D eigenvalue weighted by Crippen LogP contribution is -2.33. The van der Waals surface area contributed by atoms with Gasteiger partial charge in [0.1, 0.15) is 11.8 Å². The van der Waals surface area contributed by atoms with Crippen LogP contribution in [0.3, 0.4) is 0 Å². The second kappa shape index (κ2) is 7.15. The molecule has 10 heteroatoms. The maximum atomic E-state index is 16.4. The van der Waals surface area contributed by atoms with Crippen molar-refractivity contribution in [3.63, 3.8) is 0 Å². The number of hydrogen-bond acceptors (Lipinski definition) is 4. The Bertz CT molecular complexity index is 885. The molecule has 1 aromatic heterocycles. The van der Waals surface area contributed by atoms with Gasteiger partial charge >= 0.3 is 6.36 Å². The number of ether oxygens (including phenoxy) is 1. The third-order valence-corrected chi connectivity index (χ3v) is 4.31. The molecule has 0 bridgehead atoms. The fourth-order valence-corrected chi connectivity index (χ4v) is 2.88. The molecule has 0 aliphatic heterocycles. The van der Waals surface area contributed by atoms with Gasteiger partial charge in [-0.1, -0.05) is 35.9 Å². The van der Waals surface area contributed by atoms with Crippen molar-refractivity contribution in [2.24, 2.45) is 0 Å². The van der Waals surface area contributed by atoms with Crippen LogP contribution in [-0.2, 0) is 5.67 Å². The zero-order valence-corrected chi connectivity index (χ0v) is 14.6. The molecule has 0 radical (unpaired) electrons. The molecule has 0 N–H and O–H groups in total. The molecule has 0 aliphatic carbocycles. The van der Waals surface area contributed by atoms with E-state index in [4.69, 9.17) is 11.6 Å². The van der Waals surface area contributed by atoms with Gasteiger partial charge in [0.25, 0.3) is 0 Å². The predicted molar refractivity (Wildman–Crippen MR) is 89.0 cm³/mol. The summed E-state index contributed by atoms with van der Waals surface area (Å²) in [6.45, 7) is 1.54. The zero-order chi connectivity index (χ0) is 19.7. The van der Waals surface area contributed by atoms with Crippen molar-refractivity contribution < 1.29 is 22.3 Å². The summed E-state index contributed by atoms with van der Waals surface area (Å²) in [6, 6.07) is 9.64. The summed E-state index contributed by atoms with van der Waals surface area (Å²) in [5.41, 5.74) is -1.83. The number of alkyl halides is 4. The van der Waals surface area contributed by atoms with Gasteiger partial charge < -0.3 is 4.74 Å². The van der Waals surface area contributed by atoms with Crippen LogP contribution in [0, 0.1) is 0 Å². The fourth-order valence-electron chi connectivity index (χ4n) is 2.75. The molecule has 2 atom stereocenters. The van der Waals surface area contributed by atoms with Crippen LogP contribution >= 0.6 is 11.6 Å². The Kier molecular flexibility index (Phi) is 5.05. The minimum absolute atomic E-state index is 0.101. The minimum Gasteiger partial charge on any atom is -0.406 e. The highest BCUT2D eigenvalue weighted by Gasteiger charge is 2.43. The Hall–Kier alpha value is -2.68. The Morgan fingerprint density at radius 1 is 0.963 bits per heavy atom. The van der Waals surface area contributed by atoms with Gasteiger partial charge in [-0.15, -0.1) is 23.4 Å². The number of nitrogens with zero attached hydrogens (tertiary/aromatic N) is 4. The van der Waals surface area contributed by atoms with Crippen LogP contribution in [0.25, 0.3) is 0 Å². The summed E-state index contributed by atoms with van der Waals surface area (Å²) < 4.78 is 57.3. The molecule has 27 heavy (non-hydrogen) atoms. The summed E-state index contributed by atoms with van der Waals surface area (Å²) in [5, 5.41) is 11.6. The van der Waals surface area contributed by atoms with E-state index in [2.05, 4.69) is 20.1 Å². The lowest BCUT2D eigenvalue weighted by atomic mass is 9.82. The predicted octanol–water partition coefficient (Wildman–Crippen LogP) is 4.70. The smallest absolute Gasteiger partial charge is 0.406 e. The molecule has 0 saturated carbocycles. The number of hydrogen-bond donors (Lipinski definition) is 0. The molecular formula is C17H13ClF4N4O. The van der Waals surface area contributed by atoms with Crippen LogP contribution < -0.4 is 4.74 Å². The van der Waals surface area contributed by atoms with Crippen LogP contribution in [0.4, 0.5) is 17.6 Å². The van der Waals surface area contributed by atoms with Crippen LogP contribution in [0.1, 0.15) is 24.1 Å². The minimum atomic E-state index is -4.83. The van der Waals surface area contributed by atoms with Gasteiger partial charge in [-0.2, -0.15) is 4.80 Å². The Morgan fingerprint density at radius 2 is 1.52 bits per heavy atom. The lowest BCUT2D eigenvalue weighted by molar-refractivity contribution is -0.274. The van der Waals surface area contributed by atoms with Gasteiger partial charge in [0.05, 0.1) is 0 Å². The Balaban J connectivity index is 2.05. The molecule has 2 unspecified atom stereocenters. The van der Waals surface area contributed by atoms with Crippen molar-refractivity contribution in [1.29, 1.82) is 0 Å². The van der Waals surface area contributed by atoms with Gasteiger partial charge in [0, 0.05) is 5.02 Å². The summed E-state index contributed by atoms with van der Waals surface area (Å²) in [6.07, 6.45) is -3.67. The van der Waals surface area contributed by atoms with E-state index in [9.17, 15) is 13.2 Å². The largest absolute Gasteiger partial charge is 0.573 e. The van der Waals surface area contributed by atoms with E-state index >= 15 is 4.39 Å². The highest BCUT2D eigenvalue weighted by atomic mass is 35.5. The van der Waals surface area contributed by atoms with Gasteiger partial charge in [-0.25, -0.2) is 4.39 Å². The van der Waals surface area contributed by atoms with E-state index in [0.717, 1.165) is 16.9 Å². The number of rotatable bonds is 5. The van der Waals surface area contributed by atoms with Crippen molar-refractivity contribution in [3.8, 4) is 5.75 Å². The SMILES string of the molecule is CC(n1ncnn1)C(F)(c1ccc(Cl)cc1)c1ccc(OC(F)(F)F)cc1. The second-order valence-corrected chi connectivity index (χ2v) is 6.16. The molecular weight excluding hydrogens is 388 g/mol. The van der Waals surface area contributed by atoms with Crippen LogP contribution in [-0.4, -0.2) is 26.6 Å². The Morgan fingerprint density at radius 3 is 2.00 bits per heavy atom. The highest BCUT2D eigenvalue weighted by molar-refractivity contribution is 6.30.